The van der Waals surface area contributed by atoms with Crippen LogP contribution in [0.5, 0.6) is 0 Å². The third kappa shape index (κ3) is 5.78. The van der Waals surface area contributed by atoms with Crippen LogP contribution >= 0.6 is 15.9 Å². The van der Waals surface area contributed by atoms with Gasteiger partial charge >= 0.3 is 6.09 Å². The lowest BCUT2D eigenvalue weighted by Crippen LogP contribution is -2.44. The van der Waals surface area contributed by atoms with Crippen LogP contribution in [0.2, 0.25) is 0 Å². The van der Waals surface area contributed by atoms with Gasteiger partial charge < -0.3 is 14.4 Å². The van der Waals surface area contributed by atoms with Gasteiger partial charge in [0.2, 0.25) is 0 Å². The average molecular weight is 362 g/mol. The topological polar surface area (TPSA) is 38.8 Å². The summed E-state index contributed by atoms with van der Waals surface area (Å²) in [6.07, 6.45) is 7.10. The molecule has 1 heterocycles. The predicted molar refractivity (Wildman–Crippen MR) is 86.9 cm³/mol. The number of rotatable bonds is 2. The molecule has 0 aromatic carbocycles. The van der Waals surface area contributed by atoms with Gasteiger partial charge in [0.05, 0.1) is 12.2 Å². The summed E-state index contributed by atoms with van der Waals surface area (Å²) in [6, 6.07) is 0. The second-order valence-corrected chi connectivity index (χ2v) is 8.47. The maximum atomic E-state index is 12.0. The van der Waals surface area contributed by atoms with E-state index in [1.165, 1.54) is 12.8 Å². The molecule has 2 fully saturated rings. The molecule has 5 heteroatoms. The highest BCUT2D eigenvalue weighted by Gasteiger charge is 2.29. The van der Waals surface area contributed by atoms with Crippen LogP contribution in [0.3, 0.4) is 0 Å². The first-order valence-electron chi connectivity index (χ1n) is 8.11. The fourth-order valence-electron chi connectivity index (χ4n) is 2.93. The highest BCUT2D eigenvalue weighted by molar-refractivity contribution is 9.09. The lowest BCUT2D eigenvalue weighted by atomic mass is 9.97. The average Bonchev–Trinajstić information content (AvgIpc) is 2.40. The van der Waals surface area contributed by atoms with Crippen LogP contribution in [-0.2, 0) is 9.47 Å². The molecule has 2 aliphatic rings. The zero-order valence-corrected chi connectivity index (χ0v) is 15.0. The second kappa shape index (κ2) is 7.32. The summed E-state index contributed by atoms with van der Waals surface area (Å²) in [4.78, 5) is 14.5. The quantitative estimate of drug-likeness (QED) is 0.694. The summed E-state index contributed by atoms with van der Waals surface area (Å²) < 4.78 is 11.6. The summed E-state index contributed by atoms with van der Waals surface area (Å²) in [7, 11) is 0. The van der Waals surface area contributed by atoms with Crippen molar-refractivity contribution in [1.82, 2.24) is 4.90 Å². The highest BCUT2D eigenvalue weighted by atomic mass is 79.9. The first-order chi connectivity index (χ1) is 9.83. The van der Waals surface area contributed by atoms with Gasteiger partial charge in [-0.1, -0.05) is 15.9 Å². The Hall–Kier alpha value is -0.290. The van der Waals surface area contributed by atoms with E-state index >= 15 is 0 Å². The van der Waals surface area contributed by atoms with Crippen LogP contribution in [0.25, 0.3) is 0 Å². The number of halogens is 1. The van der Waals surface area contributed by atoms with Crippen LogP contribution in [0.1, 0.15) is 59.3 Å². The molecule has 0 aromatic heterocycles. The van der Waals surface area contributed by atoms with Crippen molar-refractivity contribution in [1.29, 1.82) is 0 Å². The Morgan fingerprint density at radius 1 is 1.00 bits per heavy atom. The van der Waals surface area contributed by atoms with Gasteiger partial charge in [-0.25, -0.2) is 4.79 Å². The van der Waals surface area contributed by atoms with Gasteiger partial charge in [-0.3, -0.25) is 0 Å². The van der Waals surface area contributed by atoms with Gasteiger partial charge in [-0.2, -0.15) is 0 Å². The molecular formula is C16H28BrNO3. The first kappa shape index (κ1) is 17.1. The summed E-state index contributed by atoms with van der Waals surface area (Å²) in [6.45, 7) is 7.20. The van der Waals surface area contributed by atoms with E-state index in [4.69, 9.17) is 9.47 Å². The SMILES string of the molecule is CC(C)(C)OC(=O)N1CCC(OC2CCC(Br)CC2)CC1. The van der Waals surface area contributed by atoms with Crippen LogP contribution in [-0.4, -0.2) is 46.7 Å². The van der Waals surface area contributed by atoms with E-state index in [-0.39, 0.29) is 6.09 Å². The van der Waals surface area contributed by atoms with Crippen LogP contribution < -0.4 is 0 Å². The molecule has 0 spiro atoms. The number of carbonyl (C=O) groups is 1. The van der Waals surface area contributed by atoms with E-state index in [0.717, 1.165) is 38.8 Å². The third-order valence-corrected chi connectivity index (χ3v) is 5.00. The number of hydrogen-bond donors (Lipinski definition) is 0. The number of hydrogen-bond acceptors (Lipinski definition) is 3. The Bertz CT molecular complexity index is 340. The normalized spacial score (nSPS) is 28.5. The largest absolute Gasteiger partial charge is 0.444 e. The number of likely N-dealkylation sites (tertiary alicyclic amines) is 1. The van der Waals surface area contributed by atoms with E-state index in [1.54, 1.807) is 4.90 Å². The molecule has 0 atom stereocenters. The molecule has 1 saturated heterocycles. The summed E-state index contributed by atoms with van der Waals surface area (Å²) in [5.41, 5.74) is -0.418. The molecule has 0 radical (unpaired) electrons. The second-order valence-electron chi connectivity index (χ2n) is 7.18. The van der Waals surface area contributed by atoms with Crippen molar-refractivity contribution in [3.8, 4) is 0 Å². The van der Waals surface area contributed by atoms with Crippen molar-refractivity contribution in [2.75, 3.05) is 13.1 Å². The zero-order chi connectivity index (χ0) is 15.5. The minimum absolute atomic E-state index is 0.194. The van der Waals surface area contributed by atoms with Gasteiger partial charge in [-0.15, -0.1) is 0 Å². The maximum Gasteiger partial charge on any atom is 0.410 e. The number of ether oxygens (including phenoxy) is 2. The Balaban J connectivity index is 1.69. The summed E-state index contributed by atoms with van der Waals surface area (Å²) >= 11 is 3.67. The van der Waals surface area contributed by atoms with Crippen molar-refractivity contribution >= 4 is 22.0 Å². The molecule has 1 aliphatic heterocycles. The molecule has 1 aliphatic carbocycles. The molecule has 0 N–H and O–H groups in total. The van der Waals surface area contributed by atoms with E-state index in [9.17, 15) is 4.79 Å². The van der Waals surface area contributed by atoms with Crippen LogP contribution in [0, 0.1) is 0 Å². The van der Waals surface area contributed by atoms with Crippen molar-refractivity contribution in [2.24, 2.45) is 0 Å². The van der Waals surface area contributed by atoms with E-state index in [0.29, 0.717) is 17.0 Å². The maximum absolute atomic E-state index is 12.0. The predicted octanol–water partition coefficient (Wildman–Crippen LogP) is 4.11. The van der Waals surface area contributed by atoms with Crippen LogP contribution in [0.4, 0.5) is 4.79 Å². The van der Waals surface area contributed by atoms with Crippen molar-refractivity contribution in [3.05, 3.63) is 0 Å². The monoisotopic (exact) mass is 361 g/mol. The third-order valence-electron chi connectivity index (χ3n) is 4.08. The lowest BCUT2D eigenvalue weighted by molar-refractivity contribution is -0.0572. The van der Waals surface area contributed by atoms with Gasteiger partial charge in [0.25, 0.3) is 0 Å². The number of piperidine rings is 1. The van der Waals surface area contributed by atoms with Crippen molar-refractivity contribution in [3.63, 3.8) is 0 Å². The fraction of sp³-hybridized carbons (Fsp3) is 0.938. The molecule has 0 unspecified atom stereocenters. The minimum Gasteiger partial charge on any atom is -0.444 e. The molecule has 4 nitrogen and oxygen atoms in total. The molecule has 122 valence electrons. The molecule has 0 aromatic rings. The lowest BCUT2D eigenvalue weighted by Gasteiger charge is -2.36. The number of amides is 1. The molecule has 0 bridgehead atoms. The molecule has 21 heavy (non-hydrogen) atoms. The van der Waals surface area contributed by atoms with Crippen molar-refractivity contribution < 1.29 is 14.3 Å². The Kier molecular flexibility index (Phi) is 5.95. The standard InChI is InChI=1S/C16H28BrNO3/c1-16(2,3)21-15(19)18-10-8-14(9-11-18)20-13-6-4-12(17)5-7-13/h12-14H,4-11H2,1-3H3. The Morgan fingerprint density at radius 3 is 2.05 bits per heavy atom. The molecule has 2 rings (SSSR count). The smallest absolute Gasteiger partial charge is 0.410 e. The first-order valence-corrected chi connectivity index (χ1v) is 9.02. The van der Waals surface area contributed by atoms with E-state index in [1.807, 2.05) is 20.8 Å². The molecular weight excluding hydrogens is 334 g/mol. The zero-order valence-electron chi connectivity index (χ0n) is 13.4. The molecule has 1 amide bonds. The number of nitrogens with zero attached hydrogens (tertiary/aromatic N) is 1. The molecule has 1 saturated carbocycles. The van der Waals surface area contributed by atoms with Crippen LogP contribution in [0.15, 0.2) is 0 Å². The fourth-order valence-corrected chi connectivity index (χ4v) is 3.46. The highest BCUT2D eigenvalue weighted by Crippen LogP contribution is 2.28. The Morgan fingerprint density at radius 2 is 1.52 bits per heavy atom. The summed E-state index contributed by atoms with van der Waals surface area (Å²) in [5.74, 6) is 0. The van der Waals surface area contributed by atoms with E-state index in [2.05, 4.69) is 15.9 Å². The van der Waals surface area contributed by atoms with Crippen molar-refractivity contribution in [2.45, 2.75) is 81.9 Å². The van der Waals surface area contributed by atoms with Gasteiger partial charge in [-0.05, 0) is 59.3 Å². The number of carbonyl (C=O) groups excluding carboxylic acids is 1. The Labute approximate surface area is 136 Å². The van der Waals surface area contributed by atoms with E-state index < -0.39 is 5.60 Å². The minimum atomic E-state index is -0.418. The van der Waals surface area contributed by atoms with Gasteiger partial charge in [0.1, 0.15) is 5.60 Å². The van der Waals surface area contributed by atoms with Gasteiger partial charge in [0.15, 0.2) is 0 Å². The van der Waals surface area contributed by atoms with Gasteiger partial charge in [0, 0.05) is 17.9 Å². The summed E-state index contributed by atoms with van der Waals surface area (Å²) in [5, 5.41) is 0. The number of alkyl halides is 1.